The quantitative estimate of drug-likeness (QED) is 0.592. The lowest BCUT2D eigenvalue weighted by Gasteiger charge is -2.24. The molecule has 1 atom stereocenters. The fraction of sp³-hybridized carbons (Fsp3) is 0.182. The van der Waals surface area contributed by atoms with E-state index in [0.29, 0.717) is 11.5 Å². The SMILES string of the molecule is C.O.O.O=C(c1ccccc1)c1ccc(C2=CC=CC3CCSN=C23)cc1. The molecule has 0 bridgehead atoms. The van der Waals surface area contributed by atoms with E-state index in [1.54, 1.807) is 11.9 Å². The van der Waals surface area contributed by atoms with E-state index in [0.717, 1.165) is 29.0 Å². The molecule has 0 saturated carbocycles. The monoisotopic (exact) mass is 383 g/mol. The predicted molar refractivity (Wildman–Crippen MR) is 115 cm³/mol. The third-order valence-corrected chi connectivity index (χ3v) is 5.15. The Labute approximate surface area is 164 Å². The highest BCUT2D eigenvalue weighted by molar-refractivity contribution is 7.98. The van der Waals surface area contributed by atoms with Crippen LogP contribution in [0.4, 0.5) is 0 Å². The minimum Gasteiger partial charge on any atom is -0.412 e. The topological polar surface area (TPSA) is 92.4 Å². The van der Waals surface area contributed by atoms with E-state index in [4.69, 9.17) is 0 Å². The number of fused-ring (bicyclic) bond motifs is 1. The Balaban J connectivity index is 0.00000121. The summed E-state index contributed by atoms with van der Waals surface area (Å²) in [7, 11) is 0. The maximum Gasteiger partial charge on any atom is 0.193 e. The smallest absolute Gasteiger partial charge is 0.193 e. The van der Waals surface area contributed by atoms with Crippen molar-refractivity contribution in [3.63, 3.8) is 0 Å². The fourth-order valence-electron chi connectivity index (χ4n) is 3.11. The van der Waals surface area contributed by atoms with Crippen molar-refractivity contribution in [3.8, 4) is 0 Å². The second kappa shape index (κ2) is 10.0. The first-order valence-corrected chi connectivity index (χ1v) is 9.06. The van der Waals surface area contributed by atoms with Gasteiger partial charge in [-0.2, -0.15) is 0 Å². The predicted octanol–water partition coefficient (Wildman–Crippen LogP) is 3.97. The number of carbonyl (C=O) groups excluding carboxylic acids is 1. The number of carbonyl (C=O) groups is 1. The number of hydrogen-bond acceptors (Lipinski definition) is 3. The molecule has 1 unspecified atom stereocenters. The average Bonchev–Trinajstić information content (AvgIpc) is 2.68. The zero-order chi connectivity index (χ0) is 16.4. The third kappa shape index (κ3) is 4.63. The van der Waals surface area contributed by atoms with Crippen LogP contribution in [0.1, 0.15) is 35.3 Å². The maximum absolute atomic E-state index is 12.5. The summed E-state index contributed by atoms with van der Waals surface area (Å²) in [6.07, 6.45) is 7.62. The van der Waals surface area contributed by atoms with Crippen LogP contribution in [0.3, 0.4) is 0 Å². The summed E-state index contributed by atoms with van der Waals surface area (Å²) < 4.78 is 4.66. The number of allylic oxidation sites excluding steroid dienone is 4. The van der Waals surface area contributed by atoms with Gasteiger partial charge in [0.05, 0.1) is 5.71 Å². The van der Waals surface area contributed by atoms with E-state index in [2.05, 4.69) is 22.6 Å². The van der Waals surface area contributed by atoms with Crippen molar-refractivity contribution in [2.75, 3.05) is 5.75 Å². The van der Waals surface area contributed by atoms with Gasteiger partial charge in [-0.05, 0) is 23.9 Å². The molecule has 4 nitrogen and oxygen atoms in total. The lowest BCUT2D eigenvalue weighted by molar-refractivity contribution is 0.103. The summed E-state index contributed by atoms with van der Waals surface area (Å²) in [5, 5.41) is 0. The second-order valence-corrected chi connectivity index (χ2v) is 6.79. The summed E-state index contributed by atoms with van der Waals surface area (Å²) in [5.41, 5.74) is 4.89. The molecule has 142 valence electrons. The van der Waals surface area contributed by atoms with Crippen LogP contribution in [0.25, 0.3) is 5.57 Å². The van der Waals surface area contributed by atoms with Crippen molar-refractivity contribution in [3.05, 3.63) is 89.5 Å². The standard InChI is InChI=1S/C21H17NOS.CH4.2H2O/c23-21(17-5-2-1-3-6-17)18-11-9-15(10-12-18)19-8-4-7-16-13-14-24-22-20(16)19;;;/h1-12,16H,13-14H2;1H4;2*1H2. The summed E-state index contributed by atoms with van der Waals surface area (Å²) in [5.74, 6) is 1.57. The van der Waals surface area contributed by atoms with Crippen molar-refractivity contribution in [2.24, 2.45) is 10.3 Å². The Morgan fingerprint density at radius 2 is 1.63 bits per heavy atom. The lowest BCUT2D eigenvalue weighted by atomic mass is 9.86. The minimum absolute atomic E-state index is 0. The highest BCUT2D eigenvalue weighted by Gasteiger charge is 2.24. The number of benzene rings is 2. The minimum atomic E-state index is 0. The van der Waals surface area contributed by atoms with Gasteiger partial charge in [0.2, 0.25) is 0 Å². The first kappa shape index (κ1) is 22.6. The van der Waals surface area contributed by atoms with Gasteiger partial charge in [0.15, 0.2) is 5.78 Å². The average molecular weight is 384 g/mol. The second-order valence-electron chi connectivity index (χ2n) is 5.94. The van der Waals surface area contributed by atoms with E-state index in [1.165, 1.54) is 5.57 Å². The number of nitrogens with zero attached hydrogens (tertiary/aromatic N) is 1. The van der Waals surface area contributed by atoms with Gasteiger partial charge >= 0.3 is 0 Å². The molecule has 2 aliphatic rings. The molecule has 1 aliphatic heterocycles. The number of ketones is 1. The Morgan fingerprint density at radius 1 is 0.963 bits per heavy atom. The van der Waals surface area contributed by atoms with Gasteiger partial charge in [0.1, 0.15) is 0 Å². The van der Waals surface area contributed by atoms with E-state index in [-0.39, 0.29) is 24.2 Å². The molecule has 4 N–H and O–H groups in total. The van der Waals surface area contributed by atoms with Crippen LogP contribution in [0.5, 0.6) is 0 Å². The Morgan fingerprint density at radius 3 is 2.33 bits per heavy atom. The van der Waals surface area contributed by atoms with Crippen LogP contribution in [0, 0.1) is 5.92 Å². The van der Waals surface area contributed by atoms with Crippen LogP contribution in [-0.2, 0) is 0 Å². The maximum atomic E-state index is 12.5. The molecule has 0 radical (unpaired) electrons. The molecule has 2 aromatic rings. The zero-order valence-electron chi connectivity index (χ0n) is 14.2. The van der Waals surface area contributed by atoms with Crippen molar-refractivity contribution >= 4 is 29.0 Å². The normalized spacial score (nSPS) is 17.1. The highest BCUT2D eigenvalue weighted by atomic mass is 32.2. The lowest BCUT2D eigenvalue weighted by Crippen LogP contribution is -2.20. The molecular weight excluding hydrogens is 358 g/mol. The molecule has 0 fully saturated rings. The molecule has 1 aliphatic carbocycles. The van der Waals surface area contributed by atoms with Crippen LogP contribution in [-0.4, -0.2) is 28.2 Å². The summed E-state index contributed by atoms with van der Waals surface area (Å²) in [6, 6.07) is 17.3. The van der Waals surface area contributed by atoms with Crippen LogP contribution in [0.2, 0.25) is 0 Å². The van der Waals surface area contributed by atoms with Crippen LogP contribution in [0.15, 0.2) is 77.2 Å². The molecule has 0 aromatic heterocycles. The first-order valence-electron chi connectivity index (χ1n) is 8.12. The molecular formula is C22H25NO3S. The summed E-state index contributed by atoms with van der Waals surface area (Å²) in [6.45, 7) is 0. The molecule has 27 heavy (non-hydrogen) atoms. The fourth-order valence-corrected chi connectivity index (χ4v) is 3.93. The van der Waals surface area contributed by atoms with Gasteiger partial charge in [-0.3, -0.25) is 4.79 Å². The first-order chi connectivity index (χ1) is 11.8. The van der Waals surface area contributed by atoms with Gasteiger partial charge in [0, 0.05) is 28.4 Å². The largest absolute Gasteiger partial charge is 0.412 e. The van der Waals surface area contributed by atoms with Gasteiger partial charge < -0.3 is 11.0 Å². The molecule has 0 saturated heterocycles. The van der Waals surface area contributed by atoms with Crippen LogP contribution >= 0.6 is 11.9 Å². The third-order valence-electron chi connectivity index (χ3n) is 4.41. The van der Waals surface area contributed by atoms with E-state index in [9.17, 15) is 4.79 Å². The molecule has 5 heteroatoms. The van der Waals surface area contributed by atoms with Crippen LogP contribution < -0.4 is 0 Å². The van der Waals surface area contributed by atoms with Crippen molar-refractivity contribution in [1.82, 2.24) is 0 Å². The van der Waals surface area contributed by atoms with Crippen molar-refractivity contribution < 1.29 is 15.7 Å². The molecule has 0 amide bonds. The van der Waals surface area contributed by atoms with Gasteiger partial charge in [-0.1, -0.05) is 80.3 Å². The Kier molecular flexibility index (Phi) is 8.37. The van der Waals surface area contributed by atoms with Crippen molar-refractivity contribution in [2.45, 2.75) is 13.8 Å². The summed E-state index contributed by atoms with van der Waals surface area (Å²) in [4.78, 5) is 12.5. The number of hydrogen-bond donors (Lipinski definition) is 0. The molecule has 0 spiro atoms. The Bertz CT molecular complexity index is 855. The van der Waals surface area contributed by atoms with Crippen molar-refractivity contribution in [1.29, 1.82) is 0 Å². The zero-order valence-corrected chi connectivity index (χ0v) is 15.0. The molecule has 2 aromatic carbocycles. The van der Waals surface area contributed by atoms with Gasteiger partial charge in [0.25, 0.3) is 0 Å². The van der Waals surface area contributed by atoms with Gasteiger partial charge in [-0.15, -0.1) is 0 Å². The van der Waals surface area contributed by atoms with E-state index in [1.807, 2.05) is 54.6 Å². The highest BCUT2D eigenvalue weighted by Crippen LogP contribution is 2.33. The summed E-state index contributed by atoms with van der Waals surface area (Å²) >= 11 is 1.64. The van der Waals surface area contributed by atoms with E-state index >= 15 is 0 Å². The molecule has 4 rings (SSSR count). The molecule has 1 heterocycles. The number of rotatable bonds is 3. The van der Waals surface area contributed by atoms with E-state index < -0.39 is 0 Å². The Hall–Kier alpha value is -2.47. The van der Waals surface area contributed by atoms with Gasteiger partial charge in [-0.25, -0.2) is 4.40 Å².